The van der Waals surface area contributed by atoms with Crippen LogP contribution in [0.15, 0.2) is 94.3 Å². The number of nitrogens with two attached hydrogens (primary N) is 1. The smallest absolute Gasteiger partial charge is 0.264 e. The second kappa shape index (κ2) is 21.5. The van der Waals surface area contributed by atoms with Gasteiger partial charge in [-0.15, -0.1) is 0 Å². The van der Waals surface area contributed by atoms with Crippen LogP contribution in [-0.4, -0.2) is 153 Å². The van der Waals surface area contributed by atoms with Crippen molar-refractivity contribution in [1.29, 1.82) is 0 Å². The van der Waals surface area contributed by atoms with Crippen LogP contribution in [0.4, 0.5) is 0 Å². The summed E-state index contributed by atoms with van der Waals surface area (Å²) in [5, 5.41) is 65.7. The predicted octanol–water partition coefficient (Wildman–Crippen LogP) is 0.547. The number of hydrogen-bond acceptors (Lipinski definition) is 15. The standard InChI is InChI=1S/C38H48Cl2N2O15/c1-19(39)12-11-14-21(40)13-9-7-5-4-6-8-10-15-23(43)27-29(47)22(16-26(41)45)42(35(27)51)36-33(30(48)24(44)17-53-36)57-37-32(50)31(49)25(18-54-37)56-38-34(52-3)28(46)20(2)55-38/h4-15,20,22,24-25,28,30-34,36-38,43-44,46,48-50H,16-18H2,1-3H3,(H2,41,45)/b5-4+,8-6+,9-7+,14-11+,15-10+,19-12-,21-13-,27-23?/t20-,22+,24-,25-,28-,30-,31+,32+,33+,34+,36?,37+,38+/m1/s1. The lowest BCUT2D eigenvalue weighted by Crippen LogP contribution is -2.65. The number of rotatable bonds is 15. The van der Waals surface area contributed by atoms with Crippen LogP contribution in [0.5, 0.6) is 0 Å². The molecule has 0 aromatic rings. The molecule has 0 bridgehead atoms. The number of carbonyl (C=O) groups is 3. The number of Topliss-reactive ketones (excluding diaryl/α,β-unsaturated/α-hetero) is 1. The zero-order chi connectivity index (χ0) is 42.0. The molecular formula is C38H48Cl2N2O15. The summed E-state index contributed by atoms with van der Waals surface area (Å²) >= 11 is 11.8. The zero-order valence-electron chi connectivity index (χ0n) is 31.2. The number of hydrogen-bond donors (Lipinski definition) is 7. The fourth-order valence-corrected chi connectivity index (χ4v) is 6.48. The quantitative estimate of drug-likeness (QED) is 0.0514. The van der Waals surface area contributed by atoms with Crippen molar-refractivity contribution in [2.75, 3.05) is 20.3 Å². The van der Waals surface area contributed by atoms with Crippen LogP contribution >= 0.6 is 23.2 Å². The Labute approximate surface area is 338 Å². The largest absolute Gasteiger partial charge is 0.507 e. The van der Waals surface area contributed by atoms with Gasteiger partial charge in [0.25, 0.3) is 5.91 Å². The van der Waals surface area contributed by atoms with Crippen molar-refractivity contribution in [3.8, 4) is 0 Å². The van der Waals surface area contributed by atoms with Gasteiger partial charge in [0.1, 0.15) is 66.2 Å². The highest BCUT2D eigenvalue weighted by Gasteiger charge is 2.56. The highest BCUT2D eigenvalue weighted by atomic mass is 35.5. The molecule has 8 N–H and O–H groups in total. The average molecular weight is 844 g/mol. The molecule has 4 aliphatic heterocycles. The second-order valence-electron chi connectivity index (χ2n) is 13.3. The Hall–Kier alpha value is -3.53. The molecule has 0 aromatic carbocycles. The average Bonchev–Trinajstić information content (AvgIpc) is 3.56. The Morgan fingerprint density at radius 1 is 0.842 bits per heavy atom. The first kappa shape index (κ1) is 46.2. The maximum Gasteiger partial charge on any atom is 0.264 e. The number of halogens is 2. The summed E-state index contributed by atoms with van der Waals surface area (Å²) < 4.78 is 33.7. The van der Waals surface area contributed by atoms with Crippen molar-refractivity contribution >= 4 is 40.8 Å². The fraction of sp³-hybridized carbons (Fsp3) is 0.500. The van der Waals surface area contributed by atoms with E-state index in [1.807, 2.05) is 0 Å². The third-order valence-electron chi connectivity index (χ3n) is 9.21. The van der Waals surface area contributed by atoms with Crippen LogP contribution < -0.4 is 5.73 Å². The van der Waals surface area contributed by atoms with Crippen molar-refractivity contribution in [1.82, 2.24) is 4.90 Å². The molecule has 4 saturated heterocycles. The monoisotopic (exact) mass is 842 g/mol. The van der Waals surface area contributed by atoms with Gasteiger partial charge in [-0.25, -0.2) is 0 Å². The van der Waals surface area contributed by atoms with Crippen LogP contribution in [-0.2, 0) is 42.8 Å². The van der Waals surface area contributed by atoms with E-state index < -0.39 is 128 Å². The lowest BCUT2D eigenvalue weighted by atomic mass is 10.0. The number of methoxy groups -OCH3 is 1. The van der Waals surface area contributed by atoms with Crippen molar-refractivity contribution < 1.29 is 73.4 Å². The third-order valence-corrected chi connectivity index (χ3v) is 9.58. The lowest BCUT2D eigenvalue weighted by Gasteiger charge is -2.46. The summed E-state index contributed by atoms with van der Waals surface area (Å²) in [4.78, 5) is 40.3. The Bertz CT molecular complexity index is 1690. The lowest BCUT2D eigenvalue weighted by molar-refractivity contribution is -0.338. The maximum absolute atomic E-state index is 13.8. The van der Waals surface area contributed by atoms with E-state index in [4.69, 9.17) is 57.4 Å². The van der Waals surface area contributed by atoms with Crippen LogP contribution in [0.25, 0.3) is 0 Å². The summed E-state index contributed by atoms with van der Waals surface area (Å²) in [5.74, 6) is -3.84. The number of carbonyl (C=O) groups excluding carboxylic acids is 3. The molecule has 2 amide bonds. The maximum atomic E-state index is 13.8. The molecule has 4 fully saturated rings. The number of amides is 2. The molecular weight excluding hydrogens is 795 g/mol. The number of nitrogens with zero attached hydrogens (tertiary/aromatic N) is 1. The third kappa shape index (κ3) is 11.8. The van der Waals surface area contributed by atoms with Gasteiger partial charge >= 0.3 is 0 Å². The van der Waals surface area contributed by atoms with Gasteiger partial charge in [0.05, 0.1) is 25.7 Å². The Morgan fingerprint density at radius 3 is 2.16 bits per heavy atom. The molecule has 4 heterocycles. The number of aliphatic hydroxyl groups excluding tert-OH is 6. The first-order valence-corrected chi connectivity index (χ1v) is 18.6. The van der Waals surface area contributed by atoms with E-state index in [0.717, 1.165) is 11.0 Å². The molecule has 314 valence electrons. The molecule has 0 aliphatic carbocycles. The molecule has 0 saturated carbocycles. The minimum Gasteiger partial charge on any atom is -0.507 e. The highest BCUT2D eigenvalue weighted by molar-refractivity contribution is 6.31. The number of allylic oxidation sites excluding steroid dienone is 14. The number of ketones is 1. The van der Waals surface area contributed by atoms with E-state index in [1.165, 1.54) is 19.3 Å². The molecule has 19 heteroatoms. The van der Waals surface area contributed by atoms with Crippen LogP contribution in [0.1, 0.15) is 20.3 Å². The van der Waals surface area contributed by atoms with Gasteiger partial charge in [0.15, 0.2) is 24.6 Å². The molecule has 0 radical (unpaired) electrons. The summed E-state index contributed by atoms with van der Waals surface area (Å²) in [6, 6.07) is -1.62. The summed E-state index contributed by atoms with van der Waals surface area (Å²) in [6.07, 6.45) is 1.26. The van der Waals surface area contributed by atoms with Crippen LogP contribution in [0.3, 0.4) is 0 Å². The first-order valence-electron chi connectivity index (χ1n) is 17.8. The molecule has 4 aliphatic rings. The first-order chi connectivity index (χ1) is 27.1. The number of primary amides is 1. The Kier molecular flexibility index (Phi) is 17.4. The van der Waals surface area contributed by atoms with Crippen molar-refractivity contribution in [3.63, 3.8) is 0 Å². The van der Waals surface area contributed by atoms with Gasteiger partial charge in [-0.05, 0) is 38.2 Å². The van der Waals surface area contributed by atoms with Gasteiger partial charge in [-0.2, -0.15) is 0 Å². The Balaban J connectivity index is 1.48. The van der Waals surface area contributed by atoms with Gasteiger partial charge in [0, 0.05) is 17.2 Å². The summed E-state index contributed by atoms with van der Waals surface area (Å²) in [5.41, 5.74) is 4.71. The van der Waals surface area contributed by atoms with Crippen LogP contribution in [0.2, 0.25) is 0 Å². The van der Waals surface area contributed by atoms with Crippen molar-refractivity contribution in [2.24, 2.45) is 5.73 Å². The van der Waals surface area contributed by atoms with Crippen LogP contribution in [0, 0.1) is 0 Å². The molecule has 57 heavy (non-hydrogen) atoms. The van der Waals surface area contributed by atoms with E-state index in [9.17, 15) is 45.0 Å². The van der Waals surface area contributed by atoms with Gasteiger partial charge in [0.2, 0.25) is 5.91 Å². The number of aliphatic hydroxyl groups is 6. The molecule has 0 spiro atoms. The normalized spacial score (nSPS) is 37.0. The highest BCUT2D eigenvalue weighted by Crippen LogP contribution is 2.35. The predicted molar refractivity (Wildman–Crippen MR) is 203 cm³/mol. The molecule has 0 aromatic heterocycles. The molecule has 4 rings (SSSR count). The van der Waals surface area contributed by atoms with Gasteiger partial charge in [-0.3, -0.25) is 19.3 Å². The SMILES string of the molecule is CO[C@@H]1[C@H](O[C@@H]2CO[C@@H](O[C@@H]3C(N4C(=O)C(=C(O)/C=C/C=C/C=C/C=C/C=C(Cl)/C=C/C=C(/C)Cl)C(=O)[C@@H]4CC(N)=O)OC[C@@H](O)[C@H]3O)[C@@H](O)[C@H]2O)O[C@H](C)[C@H]1O. The van der Waals surface area contributed by atoms with Crippen molar-refractivity contribution in [2.45, 2.75) is 100 Å². The summed E-state index contributed by atoms with van der Waals surface area (Å²) in [6.45, 7) is 2.37. The molecule has 17 nitrogen and oxygen atoms in total. The van der Waals surface area contributed by atoms with E-state index in [2.05, 4.69) is 0 Å². The zero-order valence-corrected chi connectivity index (χ0v) is 32.7. The van der Waals surface area contributed by atoms with E-state index in [0.29, 0.717) is 10.1 Å². The minimum atomic E-state index is -1.85. The topological polar surface area (TPSA) is 257 Å². The minimum absolute atomic E-state index is 0.405. The summed E-state index contributed by atoms with van der Waals surface area (Å²) in [7, 11) is 1.34. The number of likely N-dealkylation sites (tertiary alicyclic amines) is 1. The molecule has 1 unspecified atom stereocenters. The van der Waals surface area contributed by atoms with E-state index in [-0.39, 0.29) is 0 Å². The van der Waals surface area contributed by atoms with Gasteiger partial charge < -0.3 is 64.8 Å². The molecule has 13 atom stereocenters. The van der Waals surface area contributed by atoms with E-state index in [1.54, 1.807) is 68.5 Å². The van der Waals surface area contributed by atoms with Crippen molar-refractivity contribution in [3.05, 3.63) is 94.3 Å². The van der Waals surface area contributed by atoms with E-state index >= 15 is 0 Å². The number of ether oxygens (including phenoxy) is 6. The fourth-order valence-electron chi connectivity index (χ4n) is 6.26. The van der Waals surface area contributed by atoms with Gasteiger partial charge in [-0.1, -0.05) is 71.8 Å². The Morgan fingerprint density at radius 2 is 1.51 bits per heavy atom. The second-order valence-corrected chi connectivity index (χ2v) is 14.4.